The molecular formula is C13H21ClN2O2. The van der Waals surface area contributed by atoms with Crippen molar-refractivity contribution in [3.8, 4) is 5.75 Å². The molecule has 0 unspecified atom stereocenters. The Kier molecular flexibility index (Phi) is 7.20. The normalized spacial score (nSPS) is 13.1. The summed E-state index contributed by atoms with van der Waals surface area (Å²) in [5.41, 5.74) is 6.26. The van der Waals surface area contributed by atoms with Crippen LogP contribution in [0.15, 0.2) is 24.3 Å². The molecule has 1 aromatic carbocycles. The molecule has 1 aromatic rings. The molecule has 0 heterocycles. The molecule has 18 heavy (non-hydrogen) atoms. The molecule has 0 fully saturated rings. The lowest BCUT2D eigenvalue weighted by Crippen LogP contribution is -2.40. The standard InChI is InChI=1S/C13H20N2O2.ClH/c1-4-9(2)12(13(14)16)15-10-5-7-11(17-3)8-6-10;/h5-9,12,15H,4H2,1-3H3,(H2,14,16);1H/t9-,12-;/m0./s1. The first-order valence-electron chi connectivity index (χ1n) is 5.78. The zero-order chi connectivity index (χ0) is 12.8. The van der Waals surface area contributed by atoms with Crippen LogP contribution in [0.3, 0.4) is 0 Å². The Morgan fingerprint density at radius 1 is 1.39 bits per heavy atom. The number of hydrogen-bond donors (Lipinski definition) is 2. The summed E-state index contributed by atoms with van der Waals surface area (Å²) >= 11 is 0. The first kappa shape index (κ1) is 16.6. The first-order valence-corrected chi connectivity index (χ1v) is 5.78. The lowest BCUT2D eigenvalue weighted by Gasteiger charge is -2.22. The number of halogens is 1. The van der Waals surface area contributed by atoms with Gasteiger partial charge in [-0.3, -0.25) is 4.79 Å². The molecule has 5 heteroatoms. The third-order valence-corrected chi connectivity index (χ3v) is 2.93. The lowest BCUT2D eigenvalue weighted by molar-refractivity contribution is -0.119. The van der Waals surface area contributed by atoms with Gasteiger partial charge in [0, 0.05) is 5.69 Å². The van der Waals surface area contributed by atoms with Gasteiger partial charge in [0.1, 0.15) is 11.8 Å². The molecule has 0 radical (unpaired) electrons. The molecule has 0 saturated heterocycles. The molecule has 2 atom stereocenters. The Morgan fingerprint density at radius 2 is 1.94 bits per heavy atom. The summed E-state index contributed by atoms with van der Waals surface area (Å²) in [7, 11) is 1.62. The maximum Gasteiger partial charge on any atom is 0.240 e. The van der Waals surface area contributed by atoms with Gasteiger partial charge < -0.3 is 15.8 Å². The Labute approximate surface area is 114 Å². The van der Waals surface area contributed by atoms with Crippen LogP contribution in [0.25, 0.3) is 0 Å². The number of carbonyl (C=O) groups is 1. The van der Waals surface area contributed by atoms with Crippen LogP contribution in [0.1, 0.15) is 20.3 Å². The van der Waals surface area contributed by atoms with Crippen molar-refractivity contribution < 1.29 is 9.53 Å². The minimum Gasteiger partial charge on any atom is -0.497 e. The molecule has 1 rings (SSSR count). The number of methoxy groups -OCH3 is 1. The highest BCUT2D eigenvalue weighted by molar-refractivity contribution is 5.85. The molecule has 1 amide bonds. The highest BCUT2D eigenvalue weighted by Crippen LogP contribution is 2.18. The second-order valence-electron chi connectivity index (χ2n) is 4.14. The van der Waals surface area contributed by atoms with Crippen LogP contribution in [0.5, 0.6) is 5.75 Å². The van der Waals surface area contributed by atoms with Gasteiger partial charge >= 0.3 is 0 Å². The fraction of sp³-hybridized carbons (Fsp3) is 0.462. The Balaban J connectivity index is 0.00000289. The van der Waals surface area contributed by atoms with Crippen molar-refractivity contribution in [3.05, 3.63) is 24.3 Å². The topological polar surface area (TPSA) is 64.3 Å². The molecule has 0 aliphatic heterocycles. The molecule has 0 bridgehead atoms. The van der Waals surface area contributed by atoms with E-state index in [0.717, 1.165) is 17.9 Å². The average molecular weight is 273 g/mol. The van der Waals surface area contributed by atoms with Crippen LogP contribution >= 0.6 is 12.4 Å². The zero-order valence-corrected chi connectivity index (χ0v) is 11.8. The van der Waals surface area contributed by atoms with Crippen LogP contribution in [-0.2, 0) is 4.79 Å². The van der Waals surface area contributed by atoms with Gasteiger partial charge in [0.2, 0.25) is 5.91 Å². The van der Waals surface area contributed by atoms with Crippen molar-refractivity contribution in [2.24, 2.45) is 11.7 Å². The van der Waals surface area contributed by atoms with Gasteiger partial charge in [0.25, 0.3) is 0 Å². The molecular weight excluding hydrogens is 252 g/mol. The van der Waals surface area contributed by atoms with Gasteiger partial charge in [-0.2, -0.15) is 0 Å². The average Bonchev–Trinajstić information content (AvgIpc) is 2.35. The van der Waals surface area contributed by atoms with Gasteiger partial charge in [0.05, 0.1) is 7.11 Å². The second kappa shape index (κ2) is 7.82. The highest BCUT2D eigenvalue weighted by atomic mass is 35.5. The number of amides is 1. The van der Waals surface area contributed by atoms with Gasteiger partial charge in [-0.1, -0.05) is 20.3 Å². The number of anilines is 1. The summed E-state index contributed by atoms with van der Waals surface area (Å²) in [4.78, 5) is 11.4. The molecule has 0 saturated carbocycles. The number of ether oxygens (including phenoxy) is 1. The molecule has 102 valence electrons. The van der Waals surface area contributed by atoms with Crippen LogP contribution < -0.4 is 15.8 Å². The van der Waals surface area contributed by atoms with E-state index in [-0.39, 0.29) is 30.3 Å². The summed E-state index contributed by atoms with van der Waals surface area (Å²) in [5, 5.41) is 3.15. The van der Waals surface area contributed by atoms with E-state index in [4.69, 9.17) is 10.5 Å². The lowest BCUT2D eigenvalue weighted by atomic mass is 9.98. The van der Waals surface area contributed by atoms with Crippen LogP contribution in [-0.4, -0.2) is 19.1 Å². The van der Waals surface area contributed by atoms with Crippen molar-refractivity contribution in [1.82, 2.24) is 0 Å². The van der Waals surface area contributed by atoms with Crippen LogP contribution in [0.2, 0.25) is 0 Å². The molecule has 4 nitrogen and oxygen atoms in total. The van der Waals surface area contributed by atoms with Crippen molar-refractivity contribution in [3.63, 3.8) is 0 Å². The highest BCUT2D eigenvalue weighted by Gasteiger charge is 2.21. The third kappa shape index (κ3) is 4.45. The summed E-state index contributed by atoms with van der Waals surface area (Å²) in [6.45, 7) is 4.04. The van der Waals surface area contributed by atoms with Crippen molar-refractivity contribution in [1.29, 1.82) is 0 Å². The van der Waals surface area contributed by atoms with E-state index >= 15 is 0 Å². The van der Waals surface area contributed by atoms with Crippen molar-refractivity contribution in [2.45, 2.75) is 26.3 Å². The van der Waals surface area contributed by atoms with E-state index < -0.39 is 0 Å². The van der Waals surface area contributed by atoms with Gasteiger partial charge in [-0.15, -0.1) is 12.4 Å². The number of primary amides is 1. The smallest absolute Gasteiger partial charge is 0.240 e. The fourth-order valence-electron chi connectivity index (χ4n) is 1.60. The maximum absolute atomic E-state index is 11.4. The SMILES string of the molecule is CC[C@H](C)[C@H](Nc1ccc(OC)cc1)C(N)=O.Cl. The third-order valence-electron chi connectivity index (χ3n) is 2.93. The van der Waals surface area contributed by atoms with Crippen LogP contribution in [0, 0.1) is 5.92 Å². The predicted octanol–water partition coefficient (Wildman–Crippen LogP) is 2.43. The number of nitrogens with two attached hydrogens (primary N) is 1. The van der Waals surface area contributed by atoms with E-state index in [9.17, 15) is 4.79 Å². The quantitative estimate of drug-likeness (QED) is 0.836. The predicted molar refractivity (Wildman–Crippen MR) is 76.3 cm³/mol. The van der Waals surface area contributed by atoms with Crippen molar-refractivity contribution >= 4 is 24.0 Å². The second-order valence-corrected chi connectivity index (χ2v) is 4.14. The molecule has 3 N–H and O–H groups in total. The van der Waals surface area contributed by atoms with Gasteiger partial charge in [0.15, 0.2) is 0 Å². The number of nitrogens with one attached hydrogen (secondary N) is 1. The summed E-state index contributed by atoms with van der Waals surface area (Å²) in [6.07, 6.45) is 0.900. The largest absolute Gasteiger partial charge is 0.497 e. The summed E-state index contributed by atoms with van der Waals surface area (Å²) in [5.74, 6) is 0.666. The van der Waals surface area contributed by atoms with Crippen molar-refractivity contribution in [2.75, 3.05) is 12.4 Å². The molecule has 0 aliphatic carbocycles. The number of benzene rings is 1. The Hall–Kier alpha value is -1.42. The number of carbonyl (C=O) groups excluding carboxylic acids is 1. The monoisotopic (exact) mass is 272 g/mol. The first-order chi connectivity index (χ1) is 8.08. The maximum atomic E-state index is 11.4. The minimum atomic E-state index is -0.339. The van der Waals surface area contributed by atoms with Gasteiger partial charge in [-0.05, 0) is 30.2 Å². The van der Waals surface area contributed by atoms with E-state index in [1.54, 1.807) is 7.11 Å². The van der Waals surface area contributed by atoms with E-state index in [0.29, 0.717) is 0 Å². The van der Waals surface area contributed by atoms with E-state index in [2.05, 4.69) is 5.32 Å². The molecule has 0 spiro atoms. The molecule has 0 aromatic heterocycles. The van der Waals surface area contributed by atoms with Gasteiger partial charge in [-0.25, -0.2) is 0 Å². The Bertz CT molecular complexity index is 368. The minimum absolute atomic E-state index is 0. The Morgan fingerprint density at radius 3 is 2.33 bits per heavy atom. The fourth-order valence-corrected chi connectivity index (χ4v) is 1.60. The van der Waals surface area contributed by atoms with E-state index in [1.165, 1.54) is 0 Å². The number of hydrogen-bond acceptors (Lipinski definition) is 3. The number of rotatable bonds is 6. The van der Waals surface area contributed by atoms with E-state index in [1.807, 2.05) is 38.1 Å². The summed E-state index contributed by atoms with van der Waals surface area (Å²) in [6, 6.07) is 7.09. The summed E-state index contributed by atoms with van der Waals surface area (Å²) < 4.78 is 5.07. The van der Waals surface area contributed by atoms with Crippen LogP contribution in [0.4, 0.5) is 5.69 Å². The zero-order valence-electron chi connectivity index (χ0n) is 11.0. The molecule has 0 aliphatic rings.